The predicted octanol–water partition coefficient (Wildman–Crippen LogP) is 0.836. The number of nitrogens with two attached hydrogens (primary N) is 1. The SMILES string of the molecule is COc1cc(C(N)=O)cc([N+](=O)[O-])c1NCCCN1CCOCC1. The van der Waals surface area contributed by atoms with E-state index < -0.39 is 10.8 Å². The molecule has 3 N–H and O–H groups in total. The number of anilines is 1. The third kappa shape index (κ3) is 4.56. The highest BCUT2D eigenvalue weighted by Crippen LogP contribution is 2.35. The van der Waals surface area contributed by atoms with Gasteiger partial charge in [0.25, 0.3) is 5.69 Å². The van der Waals surface area contributed by atoms with Crippen molar-refractivity contribution in [3.8, 4) is 5.75 Å². The largest absolute Gasteiger partial charge is 0.494 e. The van der Waals surface area contributed by atoms with Gasteiger partial charge in [0.15, 0.2) is 5.69 Å². The summed E-state index contributed by atoms with van der Waals surface area (Å²) in [7, 11) is 1.39. The Morgan fingerprint density at radius 1 is 1.46 bits per heavy atom. The van der Waals surface area contributed by atoms with Gasteiger partial charge in [-0.1, -0.05) is 0 Å². The number of methoxy groups -OCH3 is 1. The molecule has 132 valence electrons. The fourth-order valence-corrected chi connectivity index (χ4v) is 2.57. The van der Waals surface area contributed by atoms with E-state index in [9.17, 15) is 14.9 Å². The first-order chi connectivity index (χ1) is 11.5. The van der Waals surface area contributed by atoms with Crippen molar-refractivity contribution >= 4 is 17.3 Å². The lowest BCUT2D eigenvalue weighted by molar-refractivity contribution is -0.384. The van der Waals surface area contributed by atoms with Gasteiger partial charge < -0.3 is 20.5 Å². The molecule has 0 unspecified atom stereocenters. The molecule has 0 aromatic heterocycles. The van der Waals surface area contributed by atoms with Gasteiger partial charge in [-0.15, -0.1) is 0 Å². The Balaban J connectivity index is 2.04. The minimum atomic E-state index is -0.740. The van der Waals surface area contributed by atoms with Gasteiger partial charge in [0.05, 0.1) is 25.2 Å². The number of nitrogens with one attached hydrogen (secondary N) is 1. The van der Waals surface area contributed by atoms with Crippen LogP contribution in [0.1, 0.15) is 16.8 Å². The molecule has 9 heteroatoms. The van der Waals surface area contributed by atoms with Crippen LogP contribution in [-0.2, 0) is 4.74 Å². The molecular formula is C15H22N4O5. The van der Waals surface area contributed by atoms with E-state index in [1.54, 1.807) is 0 Å². The maximum atomic E-state index is 11.3. The van der Waals surface area contributed by atoms with Crippen LogP contribution < -0.4 is 15.8 Å². The number of primary amides is 1. The highest BCUT2D eigenvalue weighted by molar-refractivity contribution is 5.95. The van der Waals surface area contributed by atoms with Crippen LogP contribution in [0.4, 0.5) is 11.4 Å². The highest BCUT2D eigenvalue weighted by atomic mass is 16.6. The van der Waals surface area contributed by atoms with Crippen LogP contribution in [0.5, 0.6) is 5.75 Å². The smallest absolute Gasteiger partial charge is 0.296 e. The van der Waals surface area contributed by atoms with Crippen molar-refractivity contribution in [2.45, 2.75) is 6.42 Å². The molecule has 24 heavy (non-hydrogen) atoms. The number of morpholine rings is 1. The molecule has 0 spiro atoms. The van der Waals surface area contributed by atoms with E-state index >= 15 is 0 Å². The second-order valence-electron chi connectivity index (χ2n) is 5.43. The van der Waals surface area contributed by atoms with Crippen molar-refractivity contribution in [2.24, 2.45) is 5.73 Å². The summed E-state index contributed by atoms with van der Waals surface area (Å²) in [5.74, 6) is -0.514. The van der Waals surface area contributed by atoms with E-state index in [2.05, 4.69) is 10.2 Å². The molecule has 1 heterocycles. The topological polar surface area (TPSA) is 120 Å². The van der Waals surface area contributed by atoms with Crippen LogP contribution in [0.25, 0.3) is 0 Å². The first-order valence-electron chi connectivity index (χ1n) is 7.73. The lowest BCUT2D eigenvalue weighted by Gasteiger charge is -2.26. The number of nitrogens with zero attached hydrogens (tertiary/aromatic N) is 2. The minimum absolute atomic E-state index is 0.0393. The van der Waals surface area contributed by atoms with Gasteiger partial charge in [-0.2, -0.15) is 0 Å². The number of nitro groups is 1. The van der Waals surface area contributed by atoms with Crippen LogP contribution in [-0.4, -0.2) is 62.2 Å². The zero-order valence-corrected chi connectivity index (χ0v) is 13.6. The summed E-state index contributed by atoms with van der Waals surface area (Å²) < 4.78 is 10.5. The van der Waals surface area contributed by atoms with Gasteiger partial charge in [-0.3, -0.25) is 19.8 Å². The molecule has 1 amide bonds. The van der Waals surface area contributed by atoms with Gasteiger partial charge in [0.1, 0.15) is 5.75 Å². The predicted molar refractivity (Wildman–Crippen MR) is 88.5 cm³/mol. The number of ether oxygens (including phenoxy) is 2. The zero-order valence-electron chi connectivity index (χ0n) is 13.6. The summed E-state index contributed by atoms with van der Waals surface area (Å²) in [4.78, 5) is 24.3. The molecule has 1 aromatic carbocycles. The number of rotatable bonds is 8. The summed E-state index contributed by atoms with van der Waals surface area (Å²) in [5.41, 5.74) is 5.28. The number of benzene rings is 1. The van der Waals surface area contributed by atoms with Crippen LogP contribution in [0.2, 0.25) is 0 Å². The van der Waals surface area contributed by atoms with E-state index in [1.807, 2.05) is 0 Å². The fraction of sp³-hybridized carbons (Fsp3) is 0.533. The summed E-state index contributed by atoms with van der Waals surface area (Å²) in [6.07, 6.45) is 0.817. The van der Waals surface area contributed by atoms with Gasteiger partial charge >= 0.3 is 0 Å². The van der Waals surface area contributed by atoms with Crippen LogP contribution >= 0.6 is 0 Å². The second-order valence-corrected chi connectivity index (χ2v) is 5.43. The van der Waals surface area contributed by atoms with Gasteiger partial charge in [0.2, 0.25) is 5.91 Å². The molecule has 1 aliphatic rings. The molecule has 9 nitrogen and oxygen atoms in total. The van der Waals surface area contributed by atoms with E-state index in [-0.39, 0.29) is 22.7 Å². The zero-order chi connectivity index (χ0) is 17.5. The lowest BCUT2D eigenvalue weighted by atomic mass is 10.1. The Labute approximate surface area is 139 Å². The third-order valence-electron chi connectivity index (χ3n) is 3.84. The number of hydrogen-bond acceptors (Lipinski definition) is 7. The number of hydrogen-bond donors (Lipinski definition) is 2. The molecule has 0 radical (unpaired) electrons. The molecule has 1 aromatic rings. The molecule has 1 aliphatic heterocycles. The van der Waals surface area contributed by atoms with Crippen molar-refractivity contribution < 1.29 is 19.2 Å². The standard InChI is InChI=1S/C15H22N4O5/c1-23-13-10-11(15(16)20)9-12(19(21)22)14(13)17-3-2-4-18-5-7-24-8-6-18/h9-10,17H,2-8H2,1H3,(H2,16,20). The Bertz CT molecular complexity index is 602. The normalized spacial score (nSPS) is 15.0. The van der Waals surface area contributed by atoms with Gasteiger partial charge in [0, 0.05) is 31.3 Å². The summed E-state index contributed by atoms with van der Waals surface area (Å²) >= 11 is 0. The van der Waals surface area contributed by atoms with E-state index in [1.165, 1.54) is 13.2 Å². The lowest BCUT2D eigenvalue weighted by Crippen LogP contribution is -2.37. The van der Waals surface area contributed by atoms with Gasteiger partial charge in [-0.05, 0) is 19.0 Å². The number of nitro benzene ring substituents is 1. The van der Waals surface area contributed by atoms with E-state index in [4.69, 9.17) is 15.2 Å². The molecular weight excluding hydrogens is 316 g/mol. The summed E-state index contributed by atoms with van der Waals surface area (Å²) in [5, 5.41) is 14.3. The fourth-order valence-electron chi connectivity index (χ4n) is 2.57. The van der Waals surface area contributed by atoms with Crippen molar-refractivity contribution in [1.82, 2.24) is 4.90 Å². The molecule has 0 aliphatic carbocycles. The molecule has 0 bridgehead atoms. The quantitative estimate of drug-likeness (QED) is 0.409. The Hall–Kier alpha value is -2.39. The number of amides is 1. The minimum Gasteiger partial charge on any atom is -0.494 e. The molecule has 0 atom stereocenters. The van der Waals surface area contributed by atoms with Crippen LogP contribution in [0.3, 0.4) is 0 Å². The highest BCUT2D eigenvalue weighted by Gasteiger charge is 2.22. The summed E-state index contributed by atoms with van der Waals surface area (Å²) in [6.45, 7) is 4.70. The van der Waals surface area contributed by atoms with E-state index in [0.717, 1.165) is 45.3 Å². The van der Waals surface area contributed by atoms with E-state index in [0.29, 0.717) is 6.54 Å². The molecule has 2 rings (SSSR count). The van der Waals surface area contributed by atoms with Gasteiger partial charge in [-0.25, -0.2) is 0 Å². The monoisotopic (exact) mass is 338 g/mol. The average molecular weight is 338 g/mol. The maximum absolute atomic E-state index is 11.3. The maximum Gasteiger partial charge on any atom is 0.296 e. The number of carbonyl (C=O) groups is 1. The molecule has 1 fully saturated rings. The third-order valence-corrected chi connectivity index (χ3v) is 3.84. The summed E-state index contributed by atoms with van der Waals surface area (Å²) in [6, 6.07) is 2.56. The first-order valence-corrected chi connectivity index (χ1v) is 7.73. The van der Waals surface area contributed by atoms with Crippen molar-refractivity contribution in [2.75, 3.05) is 51.8 Å². The van der Waals surface area contributed by atoms with Crippen molar-refractivity contribution in [3.05, 3.63) is 27.8 Å². The Kier molecular flexibility index (Phi) is 6.33. The Morgan fingerprint density at radius 2 is 2.17 bits per heavy atom. The Morgan fingerprint density at radius 3 is 2.75 bits per heavy atom. The molecule has 0 saturated carbocycles. The van der Waals surface area contributed by atoms with Crippen LogP contribution in [0.15, 0.2) is 12.1 Å². The van der Waals surface area contributed by atoms with Crippen molar-refractivity contribution in [3.63, 3.8) is 0 Å². The number of carbonyl (C=O) groups excluding carboxylic acids is 1. The average Bonchev–Trinajstić information content (AvgIpc) is 2.58. The first kappa shape index (κ1) is 18.0. The molecule has 1 saturated heterocycles. The second kappa shape index (κ2) is 8.46. The van der Waals surface area contributed by atoms with Crippen molar-refractivity contribution in [1.29, 1.82) is 0 Å². The van der Waals surface area contributed by atoms with Crippen LogP contribution in [0, 0.1) is 10.1 Å².